The van der Waals surface area contributed by atoms with Crippen LogP contribution in [0, 0.1) is 36.5 Å². The Balaban J connectivity index is -0.000000206. The molecule has 1 aromatic rings. The fraction of sp³-hybridized carbons (Fsp3) is 0.462. The summed E-state index contributed by atoms with van der Waals surface area (Å²) in [7, 11) is 1.50. The van der Waals surface area contributed by atoms with E-state index in [4.69, 9.17) is 0 Å². The van der Waals surface area contributed by atoms with Crippen LogP contribution in [-0.4, -0.2) is 27.7 Å². The molecule has 9 heteroatoms. The molecule has 22 heavy (non-hydrogen) atoms. The molecule has 0 spiro atoms. The SMILES string of the molecule is CF.CF.CF.C[B-](C)(C)c1c(F)c(F)c(F)c(F)c1F.[CH3+]. The third kappa shape index (κ3) is 7.04. The number of hydrogen-bond acceptors (Lipinski definition) is 0. The first kappa shape index (κ1) is 28.7. The molecule has 0 N–H and O–H groups in total. The molecule has 0 unspecified atom stereocenters. The molecule has 0 bridgehead atoms. The van der Waals surface area contributed by atoms with E-state index < -0.39 is 40.7 Å². The van der Waals surface area contributed by atoms with Gasteiger partial charge in [-0.05, 0) is 0 Å². The van der Waals surface area contributed by atoms with E-state index in [0.717, 1.165) is 0 Å². The van der Waals surface area contributed by atoms with Crippen molar-refractivity contribution in [1.29, 1.82) is 0 Å². The molecule has 0 aliphatic carbocycles. The van der Waals surface area contributed by atoms with Crippen LogP contribution in [-0.2, 0) is 0 Å². The van der Waals surface area contributed by atoms with Crippen LogP contribution in [0.15, 0.2) is 0 Å². The number of hydrogen-bond donors (Lipinski definition) is 0. The van der Waals surface area contributed by atoms with E-state index in [-0.39, 0.29) is 7.43 Å². The molecule has 0 atom stereocenters. The molecule has 0 amide bonds. The van der Waals surface area contributed by atoms with Crippen molar-refractivity contribution in [3.63, 3.8) is 0 Å². The summed E-state index contributed by atoms with van der Waals surface area (Å²) < 4.78 is 93.1. The van der Waals surface area contributed by atoms with Crippen LogP contribution in [0.4, 0.5) is 35.1 Å². The number of alkyl halides is 3. The molecule has 132 valence electrons. The first-order valence-corrected chi connectivity index (χ1v) is 5.60. The highest BCUT2D eigenvalue weighted by atomic mass is 19.2. The van der Waals surface area contributed by atoms with Gasteiger partial charge in [-0.15, -0.1) is 5.46 Å². The second kappa shape index (κ2) is 13.3. The van der Waals surface area contributed by atoms with E-state index >= 15 is 0 Å². The van der Waals surface area contributed by atoms with Crippen LogP contribution in [0.25, 0.3) is 0 Å². The molecular formula is C13H21BF8. The van der Waals surface area contributed by atoms with Gasteiger partial charge in [0.15, 0.2) is 17.5 Å². The third-order valence-electron chi connectivity index (χ3n) is 2.11. The van der Waals surface area contributed by atoms with Crippen LogP contribution in [0.5, 0.6) is 0 Å². The highest BCUT2D eigenvalue weighted by Crippen LogP contribution is 2.19. The summed E-state index contributed by atoms with van der Waals surface area (Å²) in [6, 6.07) is 0. The molecule has 0 radical (unpaired) electrons. The van der Waals surface area contributed by atoms with Crippen molar-refractivity contribution in [3.8, 4) is 0 Å². The minimum absolute atomic E-state index is 0. The highest BCUT2D eigenvalue weighted by molar-refractivity contribution is 6.88. The van der Waals surface area contributed by atoms with Crippen molar-refractivity contribution in [1.82, 2.24) is 0 Å². The Bertz CT molecular complexity index is 386. The minimum Gasteiger partial charge on any atom is -0.255 e. The average Bonchev–Trinajstić information content (AvgIpc) is 2.48. The van der Waals surface area contributed by atoms with Crippen LogP contribution in [0.1, 0.15) is 0 Å². The van der Waals surface area contributed by atoms with Gasteiger partial charge in [0.25, 0.3) is 0 Å². The van der Waals surface area contributed by atoms with Crippen LogP contribution < -0.4 is 5.46 Å². The Morgan fingerprint density at radius 1 is 0.500 bits per heavy atom. The van der Waals surface area contributed by atoms with Crippen LogP contribution >= 0.6 is 0 Å². The maximum absolute atomic E-state index is 13.2. The topological polar surface area (TPSA) is 0 Å². The fourth-order valence-electron chi connectivity index (χ4n) is 1.38. The number of rotatable bonds is 1. The number of benzene rings is 1. The summed E-state index contributed by atoms with van der Waals surface area (Å²) in [4.78, 5) is 0. The Kier molecular flexibility index (Phi) is 17.3. The fourth-order valence-corrected chi connectivity index (χ4v) is 1.38. The van der Waals surface area contributed by atoms with Gasteiger partial charge >= 0.3 is 0 Å². The summed E-state index contributed by atoms with van der Waals surface area (Å²) in [6.45, 7) is 4.29. The predicted molar refractivity (Wildman–Crippen MR) is 76.7 cm³/mol. The van der Waals surface area contributed by atoms with Crippen molar-refractivity contribution >= 4 is 11.6 Å². The minimum atomic E-state index is -2.12. The second-order valence-electron chi connectivity index (χ2n) is 4.58. The van der Waals surface area contributed by atoms with Gasteiger partial charge in [-0.1, -0.05) is 0 Å². The van der Waals surface area contributed by atoms with Gasteiger partial charge in [0.2, 0.25) is 0 Å². The average molecular weight is 340 g/mol. The van der Waals surface area contributed by atoms with Crippen molar-refractivity contribution in [2.45, 2.75) is 20.5 Å². The molecule has 0 nitrogen and oxygen atoms in total. The standard InChI is InChI=1S/C9H9BF5.3CH3F.CH3/c1-10(2,3)4-5(11)7(13)9(15)8(14)6(4)12;3*1-2;/h1-3H3;3*1H3;1H3/q-1;;;;+1. The Labute approximate surface area is 126 Å². The molecule has 0 saturated heterocycles. The van der Waals surface area contributed by atoms with E-state index in [9.17, 15) is 35.1 Å². The molecule has 1 aromatic carbocycles. The van der Waals surface area contributed by atoms with E-state index in [0.29, 0.717) is 21.5 Å². The van der Waals surface area contributed by atoms with Crippen molar-refractivity contribution in [3.05, 3.63) is 36.5 Å². The molecular weight excluding hydrogens is 319 g/mol. The summed E-state index contributed by atoms with van der Waals surface area (Å²) in [5.41, 5.74) is -0.730. The van der Waals surface area contributed by atoms with E-state index in [1.54, 1.807) is 0 Å². The monoisotopic (exact) mass is 340 g/mol. The lowest BCUT2D eigenvalue weighted by Crippen LogP contribution is -2.44. The summed E-state index contributed by atoms with van der Waals surface area (Å²) >= 11 is 0. The molecule has 0 heterocycles. The van der Waals surface area contributed by atoms with Gasteiger partial charge < -0.3 is 0 Å². The van der Waals surface area contributed by atoms with Crippen molar-refractivity contribution in [2.75, 3.05) is 21.5 Å². The maximum Gasteiger partial charge on any atom is 0.200 e. The number of halogens is 8. The quantitative estimate of drug-likeness (QED) is 0.218. The zero-order valence-electron chi connectivity index (χ0n) is 13.6. The van der Waals surface area contributed by atoms with Crippen molar-refractivity contribution < 1.29 is 35.1 Å². The largest absolute Gasteiger partial charge is 0.255 e. The van der Waals surface area contributed by atoms with Crippen molar-refractivity contribution in [2.24, 2.45) is 0 Å². The molecule has 0 aliphatic heterocycles. The van der Waals surface area contributed by atoms with Gasteiger partial charge in [0, 0.05) is 13.6 Å². The van der Waals surface area contributed by atoms with Crippen LogP contribution in [0.2, 0.25) is 20.5 Å². The zero-order chi connectivity index (χ0) is 18.0. The Hall–Kier alpha value is -1.41. The zero-order valence-corrected chi connectivity index (χ0v) is 13.6. The lowest BCUT2D eigenvalue weighted by Gasteiger charge is -2.26. The van der Waals surface area contributed by atoms with E-state index in [1.165, 1.54) is 20.5 Å². The molecule has 0 aromatic heterocycles. The van der Waals surface area contributed by atoms with Gasteiger partial charge in [0.1, 0.15) is 11.6 Å². The summed E-state index contributed by atoms with van der Waals surface area (Å²) in [5.74, 6) is -9.37. The third-order valence-corrected chi connectivity index (χ3v) is 2.11. The van der Waals surface area contributed by atoms with E-state index in [1.807, 2.05) is 0 Å². The molecule has 0 aliphatic rings. The first-order chi connectivity index (χ1) is 9.68. The maximum atomic E-state index is 13.2. The first-order valence-electron chi connectivity index (χ1n) is 5.60. The van der Waals surface area contributed by atoms with Gasteiger partial charge in [-0.25, -0.2) is 22.0 Å². The normalized spacial score (nSPS) is 9.00. The highest BCUT2D eigenvalue weighted by Gasteiger charge is 2.27. The summed E-state index contributed by atoms with van der Waals surface area (Å²) in [5, 5.41) is 0. The van der Waals surface area contributed by atoms with Gasteiger partial charge in [0.05, 0.1) is 21.5 Å². The second-order valence-corrected chi connectivity index (χ2v) is 4.58. The van der Waals surface area contributed by atoms with Gasteiger partial charge in [-0.2, -0.15) is 20.5 Å². The smallest absolute Gasteiger partial charge is 0.200 e. The predicted octanol–water partition coefficient (Wildman–Crippen LogP) is 5.13. The Morgan fingerprint density at radius 3 is 0.864 bits per heavy atom. The summed E-state index contributed by atoms with van der Waals surface area (Å²) in [6.07, 6.45) is -1.80. The van der Waals surface area contributed by atoms with Gasteiger partial charge in [-0.3, -0.25) is 13.2 Å². The lowest BCUT2D eigenvalue weighted by molar-refractivity contribution is 0.383. The van der Waals surface area contributed by atoms with Crippen LogP contribution in [0.3, 0.4) is 0 Å². The van der Waals surface area contributed by atoms with E-state index in [2.05, 4.69) is 0 Å². The lowest BCUT2D eigenvalue weighted by atomic mass is 9.26. The Morgan fingerprint density at radius 2 is 0.682 bits per heavy atom. The molecule has 1 rings (SSSR count). The molecule has 0 fully saturated rings. The molecule has 0 saturated carbocycles.